The highest BCUT2D eigenvalue weighted by atomic mass is 16.6. The highest BCUT2D eigenvalue weighted by Crippen LogP contribution is 2.21. The maximum absolute atomic E-state index is 11.1. The van der Waals surface area contributed by atoms with Crippen molar-refractivity contribution in [2.24, 2.45) is 5.16 Å². The van der Waals surface area contributed by atoms with Gasteiger partial charge in [-0.3, -0.25) is 4.79 Å². The molecule has 0 N–H and O–H groups in total. The largest absolute Gasteiger partial charge is 0.466 e. The van der Waals surface area contributed by atoms with Gasteiger partial charge in [0.25, 0.3) is 0 Å². The molecule has 4 nitrogen and oxygen atoms in total. The van der Waals surface area contributed by atoms with Crippen molar-refractivity contribution in [1.82, 2.24) is 0 Å². The summed E-state index contributed by atoms with van der Waals surface area (Å²) in [5.41, 5.74) is 2.33. The average Bonchev–Trinajstić information content (AvgIpc) is 2.73. The molecule has 1 rings (SSSR count). The molecular weight excluding hydrogens is 218 g/mol. The van der Waals surface area contributed by atoms with Gasteiger partial charge in [-0.25, -0.2) is 0 Å². The summed E-state index contributed by atoms with van der Waals surface area (Å²) in [7, 11) is 1.57. The molecule has 0 radical (unpaired) electrons. The Bertz CT molecular complexity index is 308. The smallest absolute Gasteiger partial charge is 0.305 e. The van der Waals surface area contributed by atoms with Crippen LogP contribution >= 0.6 is 0 Å². The maximum atomic E-state index is 11.1. The average molecular weight is 239 g/mol. The van der Waals surface area contributed by atoms with Crippen LogP contribution in [0, 0.1) is 0 Å². The summed E-state index contributed by atoms with van der Waals surface area (Å²) in [5.74, 6) is -0.0984. The minimum absolute atomic E-state index is 0.0984. The molecule has 1 aliphatic rings. The lowest BCUT2D eigenvalue weighted by Gasteiger charge is -2.04. The first-order valence-electron chi connectivity index (χ1n) is 6.23. The molecule has 0 spiro atoms. The molecule has 0 amide bonds. The van der Waals surface area contributed by atoms with Crippen LogP contribution in [0.4, 0.5) is 0 Å². The van der Waals surface area contributed by atoms with Crippen LogP contribution in [0.15, 0.2) is 16.8 Å². The van der Waals surface area contributed by atoms with Gasteiger partial charge in [-0.05, 0) is 44.6 Å². The number of unbranched alkanes of at least 4 members (excludes halogenated alkanes) is 1. The van der Waals surface area contributed by atoms with Crippen LogP contribution in [-0.2, 0) is 14.4 Å². The Morgan fingerprint density at radius 2 is 2.29 bits per heavy atom. The van der Waals surface area contributed by atoms with Crippen LogP contribution in [-0.4, -0.2) is 25.4 Å². The summed E-state index contributed by atoms with van der Waals surface area (Å²) in [6, 6.07) is 0. The molecule has 0 saturated heterocycles. The van der Waals surface area contributed by atoms with Crippen molar-refractivity contribution in [3.63, 3.8) is 0 Å². The second-order valence-corrected chi connectivity index (χ2v) is 4.00. The topological polar surface area (TPSA) is 47.9 Å². The number of esters is 1. The van der Waals surface area contributed by atoms with Crippen molar-refractivity contribution in [3.05, 3.63) is 11.6 Å². The van der Waals surface area contributed by atoms with E-state index < -0.39 is 0 Å². The minimum atomic E-state index is -0.0984. The van der Waals surface area contributed by atoms with Crippen molar-refractivity contribution in [2.45, 2.75) is 45.4 Å². The van der Waals surface area contributed by atoms with Crippen molar-refractivity contribution in [1.29, 1.82) is 0 Å². The zero-order valence-corrected chi connectivity index (χ0v) is 10.7. The molecule has 0 aromatic rings. The van der Waals surface area contributed by atoms with Crippen LogP contribution in [0.1, 0.15) is 45.4 Å². The molecule has 0 aromatic heterocycles. The predicted molar refractivity (Wildman–Crippen MR) is 66.9 cm³/mol. The Hall–Kier alpha value is -1.32. The predicted octanol–water partition coefficient (Wildman–Crippen LogP) is 2.83. The van der Waals surface area contributed by atoms with Gasteiger partial charge in [-0.15, -0.1) is 0 Å². The molecular formula is C13H21NO3. The molecule has 4 heteroatoms. The second kappa shape index (κ2) is 7.87. The molecule has 0 fully saturated rings. The minimum Gasteiger partial charge on any atom is -0.466 e. The standard InChI is InChI=1S/C13H21NO3/c1-3-17-13(15)10-5-4-7-11-8-6-9-12(11)14-16-2/h8H,3-7,9-10H2,1-2H3/b14-12-. The van der Waals surface area contributed by atoms with Gasteiger partial charge in [-0.2, -0.15) is 0 Å². The van der Waals surface area contributed by atoms with E-state index in [9.17, 15) is 4.79 Å². The van der Waals surface area contributed by atoms with E-state index in [4.69, 9.17) is 9.57 Å². The van der Waals surface area contributed by atoms with Crippen LogP contribution in [0.5, 0.6) is 0 Å². The van der Waals surface area contributed by atoms with Gasteiger partial charge in [0.15, 0.2) is 0 Å². The van der Waals surface area contributed by atoms with Crippen molar-refractivity contribution in [2.75, 3.05) is 13.7 Å². The summed E-state index contributed by atoms with van der Waals surface area (Å²) in [6.07, 6.45) is 7.59. The fourth-order valence-corrected chi connectivity index (χ4v) is 1.94. The zero-order valence-electron chi connectivity index (χ0n) is 10.7. The van der Waals surface area contributed by atoms with E-state index >= 15 is 0 Å². The number of nitrogens with zero attached hydrogens (tertiary/aromatic N) is 1. The summed E-state index contributed by atoms with van der Waals surface area (Å²) >= 11 is 0. The lowest BCUT2D eigenvalue weighted by atomic mass is 10.1. The summed E-state index contributed by atoms with van der Waals surface area (Å²) in [6.45, 7) is 2.29. The van der Waals surface area contributed by atoms with Gasteiger partial charge in [-0.1, -0.05) is 11.2 Å². The summed E-state index contributed by atoms with van der Waals surface area (Å²) in [5, 5.41) is 4.01. The monoisotopic (exact) mass is 239 g/mol. The van der Waals surface area contributed by atoms with Gasteiger partial charge in [0.2, 0.25) is 0 Å². The normalized spacial score (nSPS) is 17.1. The van der Waals surface area contributed by atoms with Crippen LogP contribution < -0.4 is 0 Å². The number of oxime groups is 1. The lowest BCUT2D eigenvalue weighted by Crippen LogP contribution is -2.04. The molecule has 0 saturated carbocycles. The number of ether oxygens (including phenoxy) is 1. The number of rotatable bonds is 7. The van der Waals surface area contributed by atoms with E-state index in [1.807, 2.05) is 6.92 Å². The molecule has 1 aliphatic carbocycles. The van der Waals surface area contributed by atoms with E-state index in [1.165, 1.54) is 5.57 Å². The maximum Gasteiger partial charge on any atom is 0.305 e. The Morgan fingerprint density at radius 3 is 3.00 bits per heavy atom. The molecule has 17 heavy (non-hydrogen) atoms. The number of allylic oxidation sites excluding steroid dienone is 2. The highest BCUT2D eigenvalue weighted by molar-refractivity contribution is 6.01. The molecule has 0 aliphatic heterocycles. The van der Waals surface area contributed by atoms with E-state index in [-0.39, 0.29) is 5.97 Å². The molecule has 96 valence electrons. The first kappa shape index (κ1) is 13.7. The molecule has 0 unspecified atom stereocenters. The molecule has 0 atom stereocenters. The fraction of sp³-hybridized carbons (Fsp3) is 0.692. The van der Waals surface area contributed by atoms with Crippen molar-refractivity contribution >= 4 is 11.7 Å². The molecule has 0 bridgehead atoms. The Kier molecular flexibility index (Phi) is 6.37. The number of hydrogen-bond donors (Lipinski definition) is 0. The van der Waals surface area contributed by atoms with Gasteiger partial charge in [0.1, 0.15) is 7.11 Å². The van der Waals surface area contributed by atoms with E-state index in [2.05, 4.69) is 11.2 Å². The first-order valence-corrected chi connectivity index (χ1v) is 6.23. The number of hydrogen-bond acceptors (Lipinski definition) is 4. The Labute approximate surface area is 103 Å². The summed E-state index contributed by atoms with van der Waals surface area (Å²) < 4.78 is 4.88. The molecule has 0 heterocycles. The Morgan fingerprint density at radius 1 is 1.47 bits per heavy atom. The van der Waals surface area contributed by atoms with Crippen LogP contribution in [0.3, 0.4) is 0 Å². The van der Waals surface area contributed by atoms with Crippen LogP contribution in [0.2, 0.25) is 0 Å². The second-order valence-electron chi connectivity index (χ2n) is 4.00. The van der Waals surface area contributed by atoms with Gasteiger partial charge in [0, 0.05) is 6.42 Å². The van der Waals surface area contributed by atoms with Crippen LogP contribution in [0.25, 0.3) is 0 Å². The van der Waals surface area contributed by atoms with Gasteiger partial charge >= 0.3 is 5.97 Å². The third-order valence-electron chi connectivity index (χ3n) is 2.73. The van der Waals surface area contributed by atoms with E-state index in [0.717, 1.165) is 37.8 Å². The Balaban J connectivity index is 2.18. The van der Waals surface area contributed by atoms with Gasteiger partial charge in [0.05, 0.1) is 12.3 Å². The number of carbonyl (C=O) groups is 1. The van der Waals surface area contributed by atoms with Gasteiger partial charge < -0.3 is 9.57 Å². The number of carbonyl (C=O) groups excluding carboxylic acids is 1. The SMILES string of the molecule is CCOC(=O)CCCCC1=CCC/C1=N/OC. The molecule has 0 aromatic carbocycles. The first-order chi connectivity index (χ1) is 8.27. The lowest BCUT2D eigenvalue weighted by molar-refractivity contribution is -0.143. The van der Waals surface area contributed by atoms with Crippen molar-refractivity contribution in [3.8, 4) is 0 Å². The van der Waals surface area contributed by atoms with Crippen molar-refractivity contribution < 1.29 is 14.4 Å². The summed E-state index contributed by atoms with van der Waals surface area (Å²) in [4.78, 5) is 15.9. The van der Waals surface area contributed by atoms with E-state index in [0.29, 0.717) is 13.0 Å². The fourth-order valence-electron chi connectivity index (χ4n) is 1.94. The quantitative estimate of drug-likeness (QED) is 0.390. The third kappa shape index (κ3) is 5.02. The highest BCUT2D eigenvalue weighted by Gasteiger charge is 2.13. The zero-order chi connectivity index (χ0) is 12.5. The van der Waals surface area contributed by atoms with E-state index in [1.54, 1.807) is 7.11 Å². The third-order valence-corrected chi connectivity index (χ3v) is 2.73.